The van der Waals surface area contributed by atoms with E-state index in [0.717, 1.165) is 0 Å². The Hall–Kier alpha value is -1.25. The summed E-state index contributed by atoms with van der Waals surface area (Å²) in [5, 5.41) is 11.3. The fourth-order valence-electron chi connectivity index (χ4n) is 0.575. The molecule has 0 aromatic heterocycles. The van der Waals surface area contributed by atoms with Crippen LogP contribution in [-0.2, 0) is 4.79 Å². The molecule has 48 valence electrons. The minimum absolute atomic E-state index is 0.0764. The van der Waals surface area contributed by atoms with Gasteiger partial charge in [-0.2, -0.15) is 0 Å². The van der Waals surface area contributed by atoms with Gasteiger partial charge < -0.3 is 10.4 Å². The Morgan fingerprint density at radius 1 is 1.67 bits per heavy atom. The number of aliphatic hydroxyl groups excluding tert-OH is 1. The van der Waals surface area contributed by atoms with Crippen LogP contribution < -0.4 is 5.32 Å². The minimum Gasteiger partial charge on any atom is -0.512 e. The summed E-state index contributed by atoms with van der Waals surface area (Å²) in [7, 11) is 0. The van der Waals surface area contributed by atoms with E-state index in [0.29, 0.717) is 0 Å². The van der Waals surface area contributed by atoms with Crippen LogP contribution in [0.4, 0.5) is 0 Å². The van der Waals surface area contributed by atoms with Crippen molar-refractivity contribution in [3.05, 3.63) is 24.1 Å². The smallest absolute Gasteiger partial charge is 0.231 e. The van der Waals surface area contributed by atoms with Gasteiger partial charge in [0, 0.05) is 6.20 Å². The summed E-state index contributed by atoms with van der Waals surface area (Å²) >= 11 is 0. The van der Waals surface area contributed by atoms with Gasteiger partial charge in [0.05, 0.1) is 6.42 Å². The van der Waals surface area contributed by atoms with Gasteiger partial charge in [0.2, 0.25) is 5.91 Å². The van der Waals surface area contributed by atoms with Gasteiger partial charge >= 0.3 is 0 Å². The third kappa shape index (κ3) is 1.60. The summed E-state index contributed by atoms with van der Waals surface area (Å²) in [6.07, 6.45) is 4.64. The Bertz CT molecular complexity index is 181. The molecule has 1 heterocycles. The lowest BCUT2D eigenvalue weighted by molar-refractivity contribution is -0.119. The lowest BCUT2D eigenvalue weighted by Crippen LogP contribution is -2.15. The van der Waals surface area contributed by atoms with Gasteiger partial charge in [-0.3, -0.25) is 4.79 Å². The lowest BCUT2D eigenvalue weighted by atomic mass is 10.3. The first-order valence-electron chi connectivity index (χ1n) is 2.63. The van der Waals surface area contributed by atoms with Crippen LogP contribution in [0.1, 0.15) is 6.42 Å². The summed E-state index contributed by atoms with van der Waals surface area (Å²) in [5.41, 5.74) is 0. The first kappa shape index (κ1) is 5.88. The number of carbonyl (C=O) groups is 1. The van der Waals surface area contributed by atoms with Crippen molar-refractivity contribution in [2.24, 2.45) is 0 Å². The highest BCUT2D eigenvalue weighted by Crippen LogP contribution is 1.98. The molecule has 0 radical (unpaired) electrons. The van der Waals surface area contributed by atoms with Crippen LogP contribution in [0.15, 0.2) is 24.1 Å². The zero-order chi connectivity index (χ0) is 6.69. The van der Waals surface area contributed by atoms with E-state index in [1.807, 2.05) is 0 Å². The first-order valence-corrected chi connectivity index (χ1v) is 2.63. The maximum Gasteiger partial charge on any atom is 0.231 e. The number of rotatable bonds is 0. The summed E-state index contributed by atoms with van der Waals surface area (Å²) in [6, 6.07) is 0. The molecule has 1 amide bonds. The Morgan fingerprint density at radius 2 is 2.44 bits per heavy atom. The van der Waals surface area contributed by atoms with E-state index in [2.05, 4.69) is 5.32 Å². The number of amides is 1. The van der Waals surface area contributed by atoms with Gasteiger partial charge in [0.25, 0.3) is 0 Å². The maximum absolute atomic E-state index is 10.5. The minimum atomic E-state index is -0.183. The highest BCUT2D eigenvalue weighted by atomic mass is 16.3. The van der Waals surface area contributed by atoms with Crippen molar-refractivity contribution in [2.45, 2.75) is 6.42 Å². The van der Waals surface area contributed by atoms with Crippen LogP contribution in [0.5, 0.6) is 0 Å². The number of hydrogen-bond donors (Lipinski definition) is 2. The van der Waals surface area contributed by atoms with Crippen molar-refractivity contribution >= 4 is 5.91 Å². The summed E-state index contributed by atoms with van der Waals surface area (Å²) in [6.45, 7) is 0. The molecule has 0 spiro atoms. The predicted molar refractivity (Wildman–Crippen MR) is 32.6 cm³/mol. The predicted octanol–water partition coefficient (Wildman–Crippen LogP) is 0.462. The SMILES string of the molecule is O=C1CC(O)=CC=CN1. The molecule has 0 aromatic carbocycles. The average Bonchev–Trinajstić information content (AvgIpc) is 1.93. The van der Waals surface area contributed by atoms with Crippen molar-refractivity contribution in [3.8, 4) is 0 Å². The monoisotopic (exact) mass is 125 g/mol. The number of nitrogens with one attached hydrogen (secondary N) is 1. The summed E-state index contributed by atoms with van der Waals surface area (Å²) in [5.74, 6) is -0.0845. The second-order valence-electron chi connectivity index (χ2n) is 1.76. The molecule has 0 unspecified atom stereocenters. The Morgan fingerprint density at radius 3 is 3.22 bits per heavy atom. The average molecular weight is 125 g/mol. The zero-order valence-corrected chi connectivity index (χ0v) is 4.79. The quantitative estimate of drug-likeness (QED) is 0.494. The molecule has 3 nitrogen and oxygen atoms in total. The van der Waals surface area contributed by atoms with E-state index >= 15 is 0 Å². The van der Waals surface area contributed by atoms with E-state index in [9.17, 15) is 4.79 Å². The molecule has 2 N–H and O–H groups in total. The third-order valence-corrected chi connectivity index (χ3v) is 0.971. The molecule has 0 atom stereocenters. The van der Waals surface area contributed by atoms with E-state index < -0.39 is 0 Å². The molecule has 0 aromatic rings. The van der Waals surface area contributed by atoms with E-state index in [4.69, 9.17) is 5.11 Å². The zero-order valence-electron chi connectivity index (χ0n) is 4.79. The molecule has 3 heteroatoms. The molecule has 9 heavy (non-hydrogen) atoms. The molecule has 0 aliphatic carbocycles. The van der Waals surface area contributed by atoms with Gasteiger partial charge in [0.1, 0.15) is 5.76 Å². The molecular formula is C6H7NO2. The van der Waals surface area contributed by atoms with Crippen LogP contribution in [0, 0.1) is 0 Å². The van der Waals surface area contributed by atoms with Crippen molar-refractivity contribution in [2.75, 3.05) is 0 Å². The number of hydrogen-bond acceptors (Lipinski definition) is 2. The van der Waals surface area contributed by atoms with Crippen molar-refractivity contribution in [1.29, 1.82) is 0 Å². The third-order valence-electron chi connectivity index (χ3n) is 0.971. The van der Waals surface area contributed by atoms with E-state index in [1.165, 1.54) is 12.3 Å². The van der Waals surface area contributed by atoms with Crippen molar-refractivity contribution in [1.82, 2.24) is 5.32 Å². The van der Waals surface area contributed by atoms with Crippen LogP contribution in [0.25, 0.3) is 0 Å². The van der Waals surface area contributed by atoms with Gasteiger partial charge in [-0.05, 0) is 12.2 Å². The normalized spacial score (nSPS) is 18.2. The fraction of sp³-hybridized carbons (Fsp3) is 0.167. The van der Waals surface area contributed by atoms with Gasteiger partial charge in [-0.15, -0.1) is 0 Å². The fourth-order valence-corrected chi connectivity index (χ4v) is 0.575. The Kier molecular flexibility index (Phi) is 1.53. The highest BCUT2D eigenvalue weighted by molar-refractivity contribution is 5.79. The Balaban J connectivity index is 2.69. The standard InChI is InChI=1S/C6H7NO2/c8-5-2-1-3-7-6(9)4-5/h1-3,8H,4H2,(H,7,9). The van der Waals surface area contributed by atoms with Gasteiger partial charge in [-0.1, -0.05) is 0 Å². The number of aliphatic hydroxyl groups is 1. The van der Waals surface area contributed by atoms with Crippen LogP contribution in [0.3, 0.4) is 0 Å². The van der Waals surface area contributed by atoms with Gasteiger partial charge in [0.15, 0.2) is 0 Å². The molecule has 0 saturated heterocycles. The summed E-state index contributed by atoms with van der Waals surface area (Å²) < 4.78 is 0. The van der Waals surface area contributed by atoms with Crippen LogP contribution in [0.2, 0.25) is 0 Å². The maximum atomic E-state index is 10.5. The molecule has 1 aliphatic heterocycles. The topological polar surface area (TPSA) is 49.3 Å². The molecule has 0 saturated carbocycles. The first-order chi connectivity index (χ1) is 4.29. The lowest BCUT2D eigenvalue weighted by Gasteiger charge is -1.93. The second kappa shape index (κ2) is 2.35. The second-order valence-corrected chi connectivity index (χ2v) is 1.76. The molecule has 0 fully saturated rings. The molecular weight excluding hydrogens is 118 g/mol. The molecule has 1 aliphatic rings. The number of carbonyl (C=O) groups excluding carboxylic acids is 1. The number of allylic oxidation sites excluding steroid dienone is 2. The molecule has 1 rings (SSSR count). The Labute approximate surface area is 52.7 Å². The van der Waals surface area contributed by atoms with E-state index in [1.54, 1.807) is 6.08 Å². The summed E-state index contributed by atoms with van der Waals surface area (Å²) in [4.78, 5) is 10.5. The van der Waals surface area contributed by atoms with E-state index in [-0.39, 0.29) is 18.1 Å². The van der Waals surface area contributed by atoms with Crippen LogP contribution in [-0.4, -0.2) is 11.0 Å². The molecule has 0 bridgehead atoms. The highest BCUT2D eigenvalue weighted by Gasteiger charge is 2.02. The largest absolute Gasteiger partial charge is 0.512 e. The van der Waals surface area contributed by atoms with Crippen molar-refractivity contribution in [3.63, 3.8) is 0 Å². The van der Waals surface area contributed by atoms with Crippen molar-refractivity contribution < 1.29 is 9.90 Å². The van der Waals surface area contributed by atoms with Gasteiger partial charge in [-0.25, -0.2) is 0 Å². The van der Waals surface area contributed by atoms with Crippen LogP contribution >= 0.6 is 0 Å².